The lowest BCUT2D eigenvalue weighted by atomic mass is 10.2. The number of halogens is 4. The van der Waals surface area contributed by atoms with Gasteiger partial charge in [0.05, 0.1) is 23.3 Å². The molecule has 2 aromatic heterocycles. The molecule has 3 rings (SSSR count). The predicted molar refractivity (Wildman–Crippen MR) is 110 cm³/mol. The smallest absolute Gasteiger partial charge is 0.417 e. The number of alkyl halides is 3. The van der Waals surface area contributed by atoms with Crippen LogP contribution < -0.4 is 10.2 Å². The minimum atomic E-state index is -4.54. The Labute approximate surface area is 191 Å². The number of carbonyl (C=O) groups excluding carboxylic acids is 3. The van der Waals surface area contributed by atoms with Gasteiger partial charge in [0.1, 0.15) is 5.82 Å². The third-order valence-electron chi connectivity index (χ3n) is 4.80. The predicted octanol–water partition coefficient (Wildman–Crippen LogP) is 2.36. The SMILES string of the molecule is O=C(CCNC(=O)c1ccco1)OCC(=O)N1CCN(c2ncc(C(F)(F)F)cc2Cl)CC1. The van der Waals surface area contributed by atoms with Crippen LogP contribution in [0.3, 0.4) is 0 Å². The van der Waals surface area contributed by atoms with Crippen LogP contribution in [0.15, 0.2) is 35.1 Å². The molecule has 1 N–H and O–H groups in total. The van der Waals surface area contributed by atoms with Crippen LogP contribution >= 0.6 is 11.6 Å². The molecule has 0 aliphatic carbocycles. The maximum absolute atomic E-state index is 12.8. The molecular weight excluding hydrogens is 469 g/mol. The fourth-order valence-electron chi connectivity index (χ4n) is 3.06. The second-order valence-corrected chi connectivity index (χ2v) is 7.45. The maximum Gasteiger partial charge on any atom is 0.417 e. The molecule has 0 saturated carbocycles. The van der Waals surface area contributed by atoms with Gasteiger partial charge < -0.3 is 24.3 Å². The molecule has 13 heteroatoms. The van der Waals surface area contributed by atoms with Crippen molar-refractivity contribution in [1.29, 1.82) is 0 Å². The molecule has 1 fully saturated rings. The first kappa shape index (κ1) is 24.4. The number of amides is 2. The Balaban J connectivity index is 1.39. The van der Waals surface area contributed by atoms with Crippen molar-refractivity contribution in [2.24, 2.45) is 0 Å². The molecule has 1 aliphatic heterocycles. The van der Waals surface area contributed by atoms with Crippen molar-refractivity contribution in [3.8, 4) is 0 Å². The quantitative estimate of drug-likeness (QED) is 0.596. The van der Waals surface area contributed by atoms with E-state index in [4.69, 9.17) is 20.8 Å². The molecule has 178 valence electrons. The lowest BCUT2D eigenvalue weighted by Crippen LogP contribution is -2.50. The first-order chi connectivity index (χ1) is 15.6. The highest BCUT2D eigenvalue weighted by molar-refractivity contribution is 6.33. The van der Waals surface area contributed by atoms with E-state index in [1.54, 1.807) is 11.0 Å². The van der Waals surface area contributed by atoms with E-state index in [0.29, 0.717) is 13.1 Å². The van der Waals surface area contributed by atoms with Gasteiger partial charge in [-0.05, 0) is 18.2 Å². The van der Waals surface area contributed by atoms with Crippen LogP contribution in [-0.2, 0) is 20.5 Å². The van der Waals surface area contributed by atoms with Crippen LogP contribution in [0.2, 0.25) is 5.02 Å². The molecule has 0 bridgehead atoms. The van der Waals surface area contributed by atoms with Crippen molar-refractivity contribution >= 4 is 35.2 Å². The topological polar surface area (TPSA) is 105 Å². The van der Waals surface area contributed by atoms with Crippen LogP contribution in [-0.4, -0.2) is 67.0 Å². The van der Waals surface area contributed by atoms with E-state index in [-0.39, 0.29) is 42.7 Å². The zero-order valence-electron chi connectivity index (χ0n) is 17.2. The number of nitrogens with zero attached hydrogens (tertiary/aromatic N) is 3. The maximum atomic E-state index is 12.8. The van der Waals surface area contributed by atoms with E-state index in [1.165, 1.54) is 17.2 Å². The second kappa shape index (κ2) is 10.6. The molecule has 3 heterocycles. The first-order valence-corrected chi connectivity index (χ1v) is 10.3. The molecule has 1 saturated heterocycles. The molecule has 0 radical (unpaired) electrons. The summed E-state index contributed by atoms with van der Waals surface area (Å²) in [5.41, 5.74) is -0.938. The van der Waals surface area contributed by atoms with Gasteiger partial charge >= 0.3 is 12.1 Å². The summed E-state index contributed by atoms with van der Waals surface area (Å²) in [5, 5.41) is 2.36. The van der Waals surface area contributed by atoms with E-state index in [0.717, 1.165) is 12.3 Å². The molecule has 0 aromatic carbocycles. The number of ether oxygens (including phenoxy) is 1. The second-order valence-electron chi connectivity index (χ2n) is 7.04. The van der Waals surface area contributed by atoms with Crippen molar-refractivity contribution in [3.63, 3.8) is 0 Å². The summed E-state index contributed by atoms with van der Waals surface area (Å²) >= 11 is 5.97. The Morgan fingerprint density at radius 1 is 1.21 bits per heavy atom. The van der Waals surface area contributed by atoms with E-state index >= 15 is 0 Å². The molecule has 0 unspecified atom stereocenters. The largest absolute Gasteiger partial charge is 0.459 e. The van der Waals surface area contributed by atoms with Crippen molar-refractivity contribution in [3.05, 3.63) is 47.0 Å². The van der Waals surface area contributed by atoms with Crippen LogP contribution in [0.25, 0.3) is 0 Å². The average Bonchev–Trinajstić information content (AvgIpc) is 3.32. The summed E-state index contributed by atoms with van der Waals surface area (Å²) < 4.78 is 48.1. The lowest BCUT2D eigenvalue weighted by Gasteiger charge is -2.35. The Kier molecular flexibility index (Phi) is 7.79. The number of pyridine rings is 1. The third-order valence-corrected chi connectivity index (χ3v) is 5.08. The summed E-state index contributed by atoms with van der Waals surface area (Å²) in [7, 11) is 0. The number of hydrogen-bond acceptors (Lipinski definition) is 7. The first-order valence-electron chi connectivity index (χ1n) is 9.88. The molecule has 9 nitrogen and oxygen atoms in total. The fraction of sp³-hybridized carbons (Fsp3) is 0.400. The molecule has 2 amide bonds. The fourth-order valence-corrected chi connectivity index (χ4v) is 3.35. The number of furan rings is 1. The number of esters is 1. The minimum absolute atomic E-state index is 0.0200. The van der Waals surface area contributed by atoms with Crippen LogP contribution in [0.5, 0.6) is 0 Å². The van der Waals surface area contributed by atoms with E-state index < -0.39 is 36.1 Å². The molecule has 33 heavy (non-hydrogen) atoms. The van der Waals surface area contributed by atoms with Gasteiger partial charge in [-0.25, -0.2) is 4.98 Å². The zero-order valence-corrected chi connectivity index (χ0v) is 18.0. The van der Waals surface area contributed by atoms with Crippen LogP contribution in [0, 0.1) is 0 Å². The number of piperazine rings is 1. The Morgan fingerprint density at radius 3 is 2.55 bits per heavy atom. The van der Waals surface area contributed by atoms with Gasteiger partial charge in [-0.2, -0.15) is 13.2 Å². The number of aromatic nitrogens is 1. The Bertz CT molecular complexity index is 992. The van der Waals surface area contributed by atoms with E-state index in [2.05, 4.69) is 10.3 Å². The number of rotatable bonds is 7. The minimum Gasteiger partial charge on any atom is -0.459 e. The van der Waals surface area contributed by atoms with Gasteiger partial charge in [0.2, 0.25) is 0 Å². The highest BCUT2D eigenvalue weighted by atomic mass is 35.5. The normalized spacial score (nSPS) is 14.2. The van der Waals surface area contributed by atoms with E-state index in [1.807, 2.05) is 0 Å². The standard InChI is InChI=1S/C20H20ClF3N4O5/c21-14-10-13(20(22,23)24)11-26-18(14)28-7-5-27(6-8-28)16(29)12-33-17(30)3-4-25-19(31)15-2-1-9-32-15/h1-2,9-11H,3-8,12H2,(H,25,31). The van der Waals surface area contributed by atoms with Gasteiger partial charge in [-0.3, -0.25) is 14.4 Å². The van der Waals surface area contributed by atoms with Gasteiger partial charge in [0.25, 0.3) is 11.8 Å². The molecule has 1 aliphatic rings. The number of anilines is 1. The average molecular weight is 489 g/mol. The summed E-state index contributed by atoms with van der Waals surface area (Å²) in [5.74, 6) is -1.20. The van der Waals surface area contributed by atoms with Crippen LogP contribution in [0.4, 0.5) is 19.0 Å². The number of nitrogens with one attached hydrogen (secondary N) is 1. The molecule has 0 spiro atoms. The highest BCUT2D eigenvalue weighted by Crippen LogP contribution is 2.33. The Morgan fingerprint density at radius 2 is 1.94 bits per heavy atom. The van der Waals surface area contributed by atoms with Crippen molar-refractivity contribution < 1.29 is 36.7 Å². The van der Waals surface area contributed by atoms with Gasteiger partial charge in [0, 0.05) is 38.9 Å². The van der Waals surface area contributed by atoms with Crippen LogP contribution in [0.1, 0.15) is 22.5 Å². The molecule has 0 atom stereocenters. The van der Waals surface area contributed by atoms with Gasteiger partial charge in [-0.1, -0.05) is 11.6 Å². The zero-order chi connectivity index (χ0) is 24.0. The van der Waals surface area contributed by atoms with Gasteiger partial charge in [0.15, 0.2) is 12.4 Å². The monoisotopic (exact) mass is 488 g/mol. The third kappa shape index (κ3) is 6.60. The van der Waals surface area contributed by atoms with Crippen molar-refractivity contribution in [2.45, 2.75) is 12.6 Å². The summed E-state index contributed by atoms with van der Waals surface area (Å²) in [6.45, 7) is 0.687. The highest BCUT2D eigenvalue weighted by Gasteiger charge is 2.32. The number of carbonyl (C=O) groups is 3. The van der Waals surface area contributed by atoms with Crippen molar-refractivity contribution in [2.75, 3.05) is 44.2 Å². The lowest BCUT2D eigenvalue weighted by molar-refractivity contribution is -0.152. The summed E-state index contributed by atoms with van der Waals surface area (Å²) in [6.07, 6.45) is -2.59. The van der Waals surface area contributed by atoms with Gasteiger partial charge in [-0.15, -0.1) is 0 Å². The summed E-state index contributed by atoms with van der Waals surface area (Å²) in [4.78, 5) is 42.7. The van der Waals surface area contributed by atoms with Crippen molar-refractivity contribution in [1.82, 2.24) is 15.2 Å². The summed E-state index contributed by atoms with van der Waals surface area (Å²) in [6, 6.07) is 3.86. The Hall–Kier alpha value is -3.28. The molecular formula is C20H20ClF3N4O5. The molecule has 2 aromatic rings. The van der Waals surface area contributed by atoms with E-state index in [9.17, 15) is 27.6 Å². The number of hydrogen-bond donors (Lipinski definition) is 1.